The summed E-state index contributed by atoms with van der Waals surface area (Å²) in [5.74, 6) is -0.333. The smallest absolute Gasteiger partial charge is 0.197 e. The van der Waals surface area contributed by atoms with Gasteiger partial charge in [-0.05, 0) is 24.1 Å². The first-order valence-electron chi connectivity index (χ1n) is 7.84. The standard InChI is InChI=1S/C18H15F2N3O3S/c1-24-4-5-25-12-2-3-13-15(7-12)22-10-18(13)27-23-16-8-14(19)11(9-21)6-17(16)26-20/h2-3,6-8,10,22-23H,4-5H2,1H3. The minimum atomic E-state index is -0.766. The number of aromatic nitrogens is 1. The summed E-state index contributed by atoms with van der Waals surface area (Å²) in [4.78, 5) is 7.66. The minimum absolute atomic E-state index is 0.0767. The Kier molecular flexibility index (Phi) is 6.01. The van der Waals surface area contributed by atoms with Crippen LogP contribution >= 0.6 is 11.9 Å². The molecule has 0 saturated heterocycles. The molecule has 1 aromatic heterocycles. The maximum atomic E-state index is 13.8. The van der Waals surface area contributed by atoms with E-state index in [0.29, 0.717) is 19.0 Å². The number of ether oxygens (including phenoxy) is 2. The number of aromatic amines is 1. The number of nitrogens with zero attached hydrogens (tertiary/aromatic N) is 1. The highest BCUT2D eigenvalue weighted by molar-refractivity contribution is 8.00. The van der Waals surface area contributed by atoms with E-state index in [2.05, 4.69) is 14.6 Å². The van der Waals surface area contributed by atoms with Gasteiger partial charge in [0.15, 0.2) is 5.75 Å². The molecular formula is C18H15F2N3O3S. The number of hydrogen-bond acceptors (Lipinski definition) is 6. The van der Waals surface area contributed by atoms with Gasteiger partial charge in [-0.3, -0.25) is 4.94 Å². The van der Waals surface area contributed by atoms with Crippen molar-refractivity contribution in [3.05, 3.63) is 47.9 Å². The zero-order chi connectivity index (χ0) is 19.2. The summed E-state index contributed by atoms with van der Waals surface area (Å²) in [6.45, 7) is 0.941. The second-order valence-corrected chi connectivity index (χ2v) is 6.27. The highest BCUT2D eigenvalue weighted by Crippen LogP contribution is 2.35. The molecule has 2 aromatic carbocycles. The van der Waals surface area contributed by atoms with Crippen molar-refractivity contribution in [1.29, 1.82) is 5.26 Å². The molecule has 0 amide bonds. The Morgan fingerprint density at radius 2 is 2.11 bits per heavy atom. The maximum absolute atomic E-state index is 13.8. The summed E-state index contributed by atoms with van der Waals surface area (Å²) in [5, 5.41) is 9.71. The molecule has 27 heavy (non-hydrogen) atoms. The van der Waals surface area contributed by atoms with Crippen molar-refractivity contribution in [2.75, 3.05) is 25.0 Å². The number of H-pyrrole nitrogens is 1. The first kappa shape index (κ1) is 18.8. The minimum Gasteiger partial charge on any atom is -0.491 e. The number of nitrogens with one attached hydrogen (secondary N) is 2. The van der Waals surface area contributed by atoms with Crippen LogP contribution in [-0.2, 0) is 4.74 Å². The molecule has 3 aromatic rings. The number of anilines is 1. The molecule has 9 heteroatoms. The van der Waals surface area contributed by atoms with Crippen LogP contribution in [-0.4, -0.2) is 25.3 Å². The first-order chi connectivity index (χ1) is 13.2. The fraction of sp³-hybridized carbons (Fsp3) is 0.167. The van der Waals surface area contributed by atoms with E-state index >= 15 is 0 Å². The van der Waals surface area contributed by atoms with Crippen molar-refractivity contribution in [2.45, 2.75) is 4.90 Å². The van der Waals surface area contributed by atoms with Gasteiger partial charge in [0.2, 0.25) is 0 Å². The van der Waals surface area contributed by atoms with Crippen molar-refractivity contribution < 1.29 is 23.3 Å². The second kappa shape index (κ2) is 8.62. The van der Waals surface area contributed by atoms with Crippen LogP contribution in [0.2, 0.25) is 0 Å². The molecule has 6 nitrogen and oxygen atoms in total. The Morgan fingerprint density at radius 1 is 1.26 bits per heavy atom. The van der Waals surface area contributed by atoms with Crippen LogP contribution in [0.5, 0.6) is 11.5 Å². The molecule has 0 radical (unpaired) electrons. The van der Waals surface area contributed by atoms with E-state index in [4.69, 9.17) is 14.7 Å². The van der Waals surface area contributed by atoms with Crippen LogP contribution < -0.4 is 14.4 Å². The molecule has 0 aliphatic rings. The highest BCUT2D eigenvalue weighted by Gasteiger charge is 2.13. The zero-order valence-corrected chi connectivity index (χ0v) is 15.0. The predicted octanol–water partition coefficient (Wildman–Crippen LogP) is 4.59. The van der Waals surface area contributed by atoms with Gasteiger partial charge < -0.3 is 19.2 Å². The van der Waals surface area contributed by atoms with E-state index in [1.54, 1.807) is 19.4 Å². The summed E-state index contributed by atoms with van der Waals surface area (Å²) in [6.07, 6.45) is 1.76. The van der Waals surface area contributed by atoms with Crippen molar-refractivity contribution in [1.82, 2.24) is 4.98 Å². The number of rotatable bonds is 8. The van der Waals surface area contributed by atoms with Gasteiger partial charge in [-0.1, -0.05) is 0 Å². The van der Waals surface area contributed by atoms with Crippen LogP contribution in [0.1, 0.15) is 5.56 Å². The van der Waals surface area contributed by atoms with Gasteiger partial charge in [-0.2, -0.15) is 5.26 Å². The molecule has 0 bridgehead atoms. The van der Waals surface area contributed by atoms with Crippen molar-refractivity contribution in [3.63, 3.8) is 0 Å². The lowest BCUT2D eigenvalue weighted by Gasteiger charge is -2.09. The van der Waals surface area contributed by atoms with Crippen molar-refractivity contribution in [2.24, 2.45) is 0 Å². The Balaban J connectivity index is 1.76. The van der Waals surface area contributed by atoms with Gasteiger partial charge in [0, 0.05) is 41.4 Å². The first-order valence-corrected chi connectivity index (χ1v) is 8.66. The third kappa shape index (κ3) is 4.24. The monoisotopic (exact) mass is 391 g/mol. The van der Waals surface area contributed by atoms with Crippen LogP contribution in [0.25, 0.3) is 10.9 Å². The van der Waals surface area contributed by atoms with Crippen LogP contribution in [0.4, 0.5) is 14.6 Å². The fourth-order valence-corrected chi connectivity index (χ4v) is 3.17. The average molecular weight is 391 g/mol. The maximum Gasteiger partial charge on any atom is 0.197 e. The van der Waals surface area contributed by atoms with Crippen LogP contribution in [0, 0.1) is 17.1 Å². The molecule has 3 rings (SSSR count). The van der Waals surface area contributed by atoms with E-state index in [0.717, 1.165) is 39.9 Å². The zero-order valence-electron chi connectivity index (χ0n) is 14.2. The average Bonchev–Trinajstić information content (AvgIpc) is 3.09. The summed E-state index contributed by atoms with van der Waals surface area (Å²) in [5.41, 5.74) is 0.626. The Bertz CT molecular complexity index is 988. The van der Waals surface area contributed by atoms with Crippen molar-refractivity contribution >= 4 is 28.5 Å². The van der Waals surface area contributed by atoms with Gasteiger partial charge in [0.05, 0.1) is 28.3 Å². The van der Waals surface area contributed by atoms with Crippen LogP contribution in [0.15, 0.2) is 41.4 Å². The molecule has 0 fully saturated rings. The summed E-state index contributed by atoms with van der Waals surface area (Å²) >= 11 is 1.15. The quantitative estimate of drug-likeness (QED) is 0.432. The van der Waals surface area contributed by atoms with Gasteiger partial charge >= 0.3 is 0 Å². The molecule has 0 aliphatic heterocycles. The van der Waals surface area contributed by atoms with Crippen LogP contribution in [0.3, 0.4) is 0 Å². The Labute approximate surface area is 158 Å². The SMILES string of the molecule is COCCOc1ccc2c(SNc3cc(F)c(C#N)cc3OF)c[nH]c2c1. The number of fused-ring (bicyclic) bond motifs is 1. The number of methoxy groups -OCH3 is 1. The molecule has 2 N–H and O–H groups in total. The summed E-state index contributed by atoms with van der Waals surface area (Å²) < 4.78 is 39.8. The lowest BCUT2D eigenvalue weighted by molar-refractivity contribution is -0.00530. The summed E-state index contributed by atoms with van der Waals surface area (Å²) in [6, 6.07) is 9.20. The van der Waals surface area contributed by atoms with E-state index in [-0.39, 0.29) is 17.0 Å². The third-order valence-corrected chi connectivity index (χ3v) is 4.59. The fourth-order valence-electron chi connectivity index (χ4n) is 2.39. The van der Waals surface area contributed by atoms with Gasteiger partial charge in [-0.15, -0.1) is 0 Å². The van der Waals surface area contributed by atoms with E-state index in [1.807, 2.05) is 18.2 Å². The van der Waals surface area contributed by atoms with E-state index < -0.39 is 5.82 Å². The van der Waals surface area contributed by atoms with E-state index in [9.17, 15) is 8.92 Å². The molecule has 0 aliphatic carbocycles. The number of hydrogen-bond donors (Lipinski definition) is 2. The lowest BCUT2D eigenvalue weighted by Crippen LogP contribution is -2.03. The molecule has 0 spiro atoms. The molecule has 140 valence electrons. The normalized spacial score (nSPS) is 10.6. The molecular weight excluding hydrogens is 376 g/mol. The third-order valence-electron chi connectivity index (χ3n) is 3.72. The number of halogens is 2. The van der Waals surface area contributed by atoms with Gasteiger partial charge in [-0.25, -0.2) is 4.39 Å². The molecule has 0 atom stereocenters. The van der Waals surface area contributed by atoms with Gasteiger partial charge in [0.25, 0.3) is 0 Å². The molecule has 0 saturated carbocycles. The number of nitriles is 1. The number of benzene rings is 2. The van der Waals surface area contributed by atoms with Gasteiger partial charge in [0.1, 0.15) is 24.2 Å². The Morgan fingerprint density at radius 3 is 2.85 bits per heavy atom. The Hall–Kier alpha value is -2.96. The lowest BCUT2D eigenvalue weighted by atomic mass is 10.2. The van der Waals surface area contributed by atoms with E-state index in [1.165, 1.54) is 0 Å². The molecule has 0 unspecified atom stereocenters. The predicted molar refractivity (Wildman–Crippen MR) is 98.0 cm³/mol. The largest absolute Gasteiger partial charge is 0.491 e. The second-order valence-electron chi connectivity index (χ2n) is 5.42. The molecule has 1 heterocycles. The highest BCUT2D eigenvalue weighted by atomic mass is 32.2. The topological polar surface area (TPSA) is 79.3 Å². The summed E-state index contributed by atoms with van der Waals surface area (Å²) in [7, 11) is 1.60. The van der Waals surface area contributed by atoms with Crippen molar-refractivity contribution in [3.8, 4) is 17.6 Å².